The third-order valence-electron chi connectivity index (χ3n) is 4.32. The van der Waals surface area contributed by atoms with E-state index in [0.717, 1.165) is 23.1 Å². The van der Waals surface area contributed by atoms with Gasteiger partial charge in [0.2, 0.25) is 0 Å². The summed E-state index contributed by atoms with van der Waals surface area (Å²) in [4.78, 5) is 18.1. The average molecular weight is 516 g/mol. The Kier molecular flexibility index (Phi) is 7.53. The maximum atomic E-state index is 11.3. The number of nitrogens with zero attached hydrogens (tertiary/aromatic N) is 2. The Morgan fingerprint density at radius 3 is 2.93 bits per heavy atom. The van der Waals surface area contributed by atoms with Gasteiger partial charge in [0.15, 0.2) is 5.69 Å². The van der Waals surface area contributed by atoms with Gasteiger partial charge in [-0.3, -0.25) is 4.79 Å². The van der Waals surface area contributed by atoms with Gasteiger partial charge >= 0.3 is 4.87 Å². The number of nitrogens with two attached hydrogens (primary N) is 1. The quantitative estimate of drug-likeness (QED) is 0.304. The molecule has 0 bridgehead atoms. The third-order valence-corrected chi connectivity index (χ3v) is 6.61. The number of ether oxygens (including phenoxy) is 1. The van der Waals surface area contributed by atoms with Crippen molar-refractivity contribution in [2.75, 3.05) is 6.61 Å². The number of nitriles is 1. The molecule has 3 heterocycles. The number of aliphatic hydroxyl groups is 3. The summed E-state index contributed by atoms with van der Waals surface area (Å²) in [7, 11) is 0. The van der Waals surface area contributed by atoms with Crippen molar-refractivity contribution in [3.05, 3.63) is 49.4 Å². The Morgan fingerprint density at radius 1 is 1.53 bits per heavy atom. The first-order valence-electron chi connectivity index (χ1n) is 8.58. The van der Waals surface area contributed by atoms with E-state index < -0.39 is 36.4 Å². The van der Waals surface area contributed by atoms with Gasteiger partial charge in [-0.2, -0.15) is 5.26 Å². The molecule has 3 rings (SSSR count). The predicted molar refractivity (Wildman–Crippen MR) is 114 cm³/mol. The number of thioether (sulfide) groups is 1. The molecule has 1 saturated heterocycles. The molecule has 0 aromatic carbocycles. The van der Waals surface area contributed by atoms with E-state index in [4.69, 9.17) is 10.5 Å². The summed E-state index contributed by atoms with van der Waals surface area (Å²) in [6, 6.07) is 2.70. The van der Waals surface area contributed by atoms with Crippen LogP contribution in [-0.4, -0.2) is 61.7 Å². The van der Waals surface area contributed by atoms with E-state index in [1.54, 1.807) is 11.4 Å². The summed E-state index contributed by atoms with van der Waals surface area (Å²) >= 11 is 5.29. The first-order chi connectivity index (χ1) is 14.3. The fraction of sp³-hybridized carbons (Fsp3) is 0.353. The first kappa shape index (κ1) is 22.8. The maximum absolute atomic E-state index is 11.3. The Balaban J connectivity index is 1.82. The Labute approximate surface area is 187 Å². The molecule has 5 atom stereocenters. The van der Waals surface area contributed by atoms with E-state index >= 15 is 0 Å². The van der Waals surface area contributed by atoms with Crippen molar-refractivity contribution in [1.82, 2.24) is 15.3 Å². The molecule has 2 aromatic heterocycles. The lowest BCUT2D eigenvalue weighted by Crippen LogP contribution is -2.62. The zero-order chi connectivity index (χ0) is 21.8. The molecule has 0 saturated carbocycles. The summed E-state index contributed by atoms with van der Waals surface area (Å²) in [6.45, 7) is -0.484. The molecule has 7 N–H and O–H groups in total. The number of hydrogen-bond acceptors (Lipinski definition) is 11. The molecule has 0 aliphatic carbocycles. The van der Waals surface area contributed by atoms with Crippen LogP contribution in [0.1, 0.15) is 11.4 Å². The normalized spacial score (nSPS) is 26.9. The molecule has 13 heteroatoms. The van der Waals surface area contributed by atoms with Crippen LogP contribution in [0.2, 0.25) is 0 Å². The molecule has 2 aromatic rings. The minimum Gasteiger partial charge on any atom is -0.396 e. The number of hydrogen-bond donors (Lipinski definition) is 6. The zero-order valence-electron chi connectivity index (χ0n) is 15.2. The molecule has 160 valence electrons. The number of H-pyrrole nitrogens is 1. The molecule has 1 fully saturated rings. The number of pyridine rings is 1. The molecule has 0 amide bonds. The summed E-state index contributed by atoms with van der Waals surface area (Å²) in [5.74, 6) is 0. The molecule has 0 radical (unpaired) electrons. The number of thiazole rings is 1. The molecule has 5 unspecified atom stereocenters. The van der Waals surface area contributed by atoms with Crippen molar-refractivity contribution in [3.8, 4) is 6.07 Å². The van der Waals surface area contributed by atoms with Gasteiger partial charge in [-0.05, 0) is 22.0 Å². The SMILES string of the molecule is N#Cc1ncc(Br)cc1SC1OC(CO)C(O)C(N/C=C(\N)c2csc(=O)[nH]2)C1O. The number of aromatic nitrogens is 2. The van der Waals surface area contributed by atoms with Gasteiger partial charge < -0.3 is 36.1 Å². The molecule has 1 aliphatic rings. The highest BCUT2D eigenvalue weighted by Gasteiger charge is 2.44. The number of aromatic amines is 1. The van der Waals surface area contributed by atoms with Crippen molar-refractivity contribution in [2.24, 2.45) is 5.73 Å². The molecule has 0 spiro atoms. The maximum Gasteiger partial charge on any atom is 0.304 e. The van der Waals surface area contributed by atoms with Crippen LogP contribution in [-0.2, 0) is 4.74 Å². The van der Waals surface area contributed by atoms with Crippen LogP contribution in [0.5, 0.6) is 0 Å². The Hall–Kier alpha value is -1.92. The first-order valence-corrected chi connectivity index (χ1v) is 11.1. The fourth-order valence-corrected chi connectivity index (χ4v) is 5.02. The zero-order valence-corrected chi connectivity index (χ0v) is 18.4. The van der Waals surface area contributed by atoms with Crippen LogP contribution < -0.4 is 15.9 Å². The Bertz CT molecular complexity index is 1020. The smallest absolute Gasteiger partial charge is 0.304 e. The molecular weight excluding hydrogens is 498 g/mol. The number of halogens is 1. The largest absolute Gasteiger partial charge is 0.396 e. The van der Waals surface area contributed by atoms with Gasteiger partial charge in [0.05, 0.1) is 24.0 Å². The summed E-state index contributed by atoms with van der Waals surface area (Å²) < 4.78 is 6.29. The Morgan fingerprint density at radius 2 is 2.30 bits per heavy atom. The number of nitrogens with one attached hydrogen (secondary N) is 2. The fourth-order valence-electron chi connectivity index (χ4n) is 2.79. The second-order valence-electron chi connectivity index (χ2n) is 6.29. The van der Waals surface area contributed by atoms with Crippen molar-refractivity contribution >= 4 is 44.7 Å². The number of rotatable bonds is 6. The van der Waals surface area contributed by atoms with E-state index in [0.29, 0.717) is 15.1 Å². The average Bonchev–Trinajstić information content (AvgIpc) is 3.16. The summed E-state index contributed by atoms with van der Waals surface area (Å²) in [6.07, 6.45) is -0.622. The van der Waals surface area contributed by atoms with E-state index in [-0.39, 0.29) is 16.3 Å². The van der Waals surface area contributed by atoms with Crippen LogP contribution in [0.4, 0.5) is 0 Å². The second kappa shape index (κ2) is 9.92. The lowest BCUT2D eigenvalue weighted by atomic mass is 9.97. The van der Waals surface area contributed by atoms with Crippen LogP contribution in [0.15, 0.2) is 38.0 Å². The highest BCUT2D eigenvalue weighted by molar-refractivity contribution is 9.10. The van der Waals surface area contributed by atoms with Crippen LogP contribution in [0, 0.1) is 11.3 Å². The van der Waals surface area contributed by atoms with Gasteiger partial charge in [-0.25, -0.2) is 4.98 Å². The van der Waals surface area contributed by atoms with Crippen molar-refractivity contribution < 1.29 is 20.1 Å². The van der Waals surface area contributed by atoms with Crippen molar-refractivity contribution in [2.45, 2.75) is 34.7 Å². The van der Waals surface area contributed by atoms with Gasteiger partial charge in [-0.1, -0.05) is 23.1 Å². The van der Waals surface area contributed by atoms with Gasteiger partial charge in [0.25, 0.3) is 0 Å². The van der Waals surface area contributed by atoms with E-state index in [1.165, 1.54) is 12.4 Å². The van der Waals surface area contributed by atoms with E-state index in [2.05, 4.69) is 31.2 Å². The lowest BCUT2D eigenvalue weighted by Gasteiger charge is -2.42. The van der Waals surface area contributed by atoms with Crippen LogP contribution in [0.3, 0.4) is 0 Å². The lowest BCUT2D eigenvalue weighted by molar-refractivity contribution is -0.164. The highest BCUT2D eigenvalue weighted by atomic mass is 79.9. The van der Waals surface area contributed by atoms with Gasteiger partial charge in [0.1, 0.15) is 29.8 Å². The standard InChI is InChI=1S/C17H18BrN5O5S2/c18-7-1-12(9(2-19)21-3-7)30-16-15(26)13(14(25)11(5-24)28-16)22-4-8(20)10-6-29-17(27)23-10/h1,3-4,6,11,13-16,22,24-26H,5,20H2,(H,23,27)/b8-4-. The topological polar surface area (TPSA) is 178 Å². The number of aliphatic hydroxyl groups excluding tert-OH is 3. The van der Waals surface area contributed by atoms with E-state index in [9.17, 15) is 25.4 Å². The monoisotopic (exact) mass is 515 g/mol. The molecule has 10 nitrogen and oxygen atoms in total. The second-order valence-corrected chi connectivity index (χ2v) is 9.19. The van der Waals surface area contributed by atoms with Crippen LogP contribution in [0.25, 0.3) is 5.70 Å². The molecule has 30 heavy (non-hydrogen) atoms. The highest BCUT2D eigenvalue weighted by Crippen LogP contribution is 2.35. The third kappa shape index (κ3) is 5.03. The van der Waals surface area contributed by atoms with Crippen molar-refractivity contribution in [3.63, 3.8) is 0 Å². The summed E-state index contributed by atoms with van der Waals surface area (Å²) in [5.41, 5.74) is 5.77. The molecular formula is C17H18BrN5O5S2. The van der Waals surface area contributed by atoms with Gasteiger partial charge in [0, 0.05) is 27.1 Å². The summed E-state index contributed by atoms with van der Waals surface area (Å²) in [5, 5.41) is 44.6. The van der Waals surface area contributed by atoms with E-state index in [1.807, 2.05) is 6.07 Å². The minimum atomic E-state index is -1.25. The minimum absolute atomic E-state index is 0.153. The van der Waals surface area contributed by atoms with Crippen molar-refractivity contribution in [1.29, 1.82) is 5.26 Å². The van der Waals surface area contributed by atoms with Crippen LogP contribution >= 0.6 is 39.0 Å². The molecule has 1 aliphatic heterocycles. The van der Waals surface area contributed by atoms with Gasteiger partial charge in [-0.15, -0.1) is 0 Å². The predicted octanol–water partition coefficient (Wildman–Crippen LogP) is -0.0878.